The lowest BCUT2D eigenvalue weighted by molar-refractivity contribution is 0.172. The fraction of sp³-hybridized carbons (Fsp3) is 0.867. The normalized spacial score (nSPS) is 55.2. The monoisotopic (exact) mass is 202 g/mol. The van der Waals surface area contributed by atoms with Gasteiger partial charge in [-0.25, -0.2) is 0 Å². The molecule has 6 unspecified atom stereocenters. The maximum absolute atomic E-state index is 2.35. The summed E-state index contributed by atoms with van der Waals surface area (Å²) < 4.78 is 0. The first-order valence-electron chi connectivity index (χ1n) is 6.92. The molecule has 0 saturated heterocycles. The SMILES string of the molecule is CC(C)=C1CC2CC1C1C3CCC(C3)C21. The Bertz CT molecular complexity index is 334. The van der Waals surface area contributed by atoms with Gasteiger partial charge < -0.3 is 0 Å². The fourth-order valence-corrected chi connectivity index (χ4v) is 5.92. The molecule has 0 N–H and O–H groups in total. The summed E-state index contributed by atoms with van der Waals surface area (Å²) in [5.41, 5.74) is 3.54. The molecular formula is C15H22. The summed E-state index contributed by atoms with van der Waals surface area (Å²) in [7, 11) is 0. The van der Waals surface area contributed by atoms with Crippen molar-refractivity contribution in [2.75, 3.05) is 0 Å². The molecule has 4 bridgehead atoms. The smallest absolute Gasteiger partial charge is 0.0164 e. The Morgan fingerprint density at radius 2 is 1.67 bits per heavy atom. The van der Waals surface area contributed by atoms with Gasteiger partial charge in [-0.3, -0.25) is 0 Å². The van der Waals surface area contributed by atoms with E-state index in [9.17, 15) is 0 Å². The second kappa shape index (κ2) is 2.70. The summed E-state index contributed by atoms with van der Waals surface area (Å²) in [6.45, 7) is 4.69. The van der Waals surface area contributed by atoms with Gasteiger partial charge >= 0.3 is 0 Å². The first-order valence-corrected chi connectivity index (χ1v) is 6.92. The van der Waals surface area contributed by atoms with Crippen LogP contribution in [0.4, 0.5) is 0 Å². The van der Waals surface area contributed by atoms with Crippen molar-refractivity contribution in [2.24, 2.45) is 35.5 Å². The predicted octanol–water partition coefficient (Wildman–Crippen LogP) is 4.02. The Morgan fingerprint density at radius 3 is 2.40 bits per heavy atom. The minimum absolute atomic E-state index is 1.04. The summed E-state index contributed by atoms with van der Waals surface area (Å²) in [5.74, 6) is 6.78. The lowest BCUT2D eigenvalue weighted by Gasteiger charge is -2.36. The van der Waals surface area contributed by atoms with Gasteiger partial charge in [0.1, 0.15) is 0 Å². The van der Waals surface area contributed by atoms with Gasteiger partial charge in [0.25, 0.3) is 0 Å². The summed E-state index contributed by atoms with van der Waals surface area (Å²) >= 11 is 0. The Labute approximate surface area is 93.1 Å². The first kappa shape index (κ1) is 8.84. The molecule has 0 amide bonds. The zero-order valence-corrected chi connectivity index (χ0v) is 10.00. The topological polar surface area (TPSA) is 0 Å². The minimum atomic E-state index is 1.04. The molecule has 0 heteroatoms. The molecule has 82 valence electrons. The molecular weight excluding hydrogens is 180 g/mol. The van der Waals surface area contributed by atoms with Gasteiger partial charge in [-0.05, 0) is 81.5 Å². The third-order valence-electron chi connectivity index (χ3n) is 6.18. The van der Waals surface area contributed by atoms with Crippen molar-refractivity contribution in [3.63, 3.8) is 0 Å². The molecule has 4 fully saturated rings. The molecule has 0 aliphatic heterocycles. The fourth-order valence-electron chi connectivity index (χ4n) is 5.92. The van der Waals surface area contributed by atoms with Gasteiger partial charge in [-0.15, -0.1) is 0 Å². The minimum Gasteiger partial charge on any atom is -0.0769 e. The number of allylic oxidation sites excluding steroid dienone is 2. The molecule has 0 spiro atoms. The Balaban J connectivity index is 1.74. The van der Waals surface area contributed by atoms with E-state index in [1.807, 2.05) is 5.57 Å². The maximum atomic E-state index is 2.35. The molecule has 4 saturated carbocycles. The highest BCUT2D eigenvalue weighted by atomic mass is 14.6. The summed E-state index contributed by atoms with van der Waals surface area (Å²) in [5, 5.41) is 0. The van der Waals surface area contributed by atoms with E-state index in [2.05, 4.69) is 13.8 Å². The summed E-state index contributed by atoms with van der Waals surface area (Å²) in [6, 6.07) is 0. The second-order valence-electron chi connectivity index (χ2n) is 6.82. The van der Waals surface area contributed by atoms with Crippen molar-refractivity contribution >= 4 is 0 Å². The van der Waals surface area contributed by atoms with Gasteiger partial charge in [0.05, 0.1) is 0 Å². The highest BCUT2D eigenvalue weighted by molar-refractivity contribution is 5.27. The quantitative estimate of drug-likeness (QED) is 0.411. The highest BCUT2D eigenvalue weighted by Crippen LogP contribution is 2.68. The van der Waals surface area contributed by atoms with Crippen LogP contribution in [-0.2, 0) is 0 Å². The third kappa shape index (κ3) is 0.946. The summed E-state index contributed by atoms with van der Waals surface area (Å²) in [6.07, 6.45) is 7.82. The van der Waals surface area contributed by atoms with Crippen molar-refractivity contribution in [1.82, 2.24) is 0 Å². The molecule has 4 aliphatic carbocycles. The largest absolute Gasteiger partial charge is 0.0769 e. The van der Waals surface area contributed by atoms with Crippen LogP contribution in [0.2, 0.25) is 0 Å². The number of fused-ring (bicyclic) bond motifs is 9. The van der Waals surface area contributed by atoms with E-state index < -0.39 is 0 Å². The zero-order valence-electron chi connectivity index (χ0n) is 10.00. The van der Waals surface area contributed by atoms with Gasteiger partial charge in [0.15, 0.2) is 0 Å². The van der Waals surface area contributed by atoms with E-state index >= 15 is 0 Å². The van der Waals surface area contributed by atoms with Crippen molar-refractivity contribution in [3.05, 3.63) is 11.1 Å². The molecule has 0 aromatic carbocycles. The van der Waals surface area contributed by atoms with Gasteiger partial charge in [0, 0.05) is 0 Å². The first-order chi connectivity index (χ1) is 7.25. The second-order valence-corrected chi connectivity index (χ2v) is 6.82. The van der Waals surface area contributed by atoms with E-state index in [1.54, 1.807) is 31.3 Å². The average molecular weight is 202 g/mol. The Morgan fingerprint density at radius 1 is 0.933 bits per heavy atom. The van der Waals surface area contributed by atoms with Crippen LogP contribution in [0.25, 0.3) is 0 Å². The van der Waals surface area contributed by atoms with E-state index in [-0.39, 0.29) is 0 Å². The molecule has 0 heterocycles. The van der Waals surface area contributed by atoms with Crippen molar-refractivity contribution in [3.8, 4) is 0 Å². The van der Waals surface area contributed by atoms with Crippen LogP contribution < -0.4 is 0 Å². The number of hydrogen-bond donors (Lipinski definition) is 0. The van der Waals surface area contributed by atoms with Gasteiger partial charge in [-0.2, -0.15) is 0 Å². The van der Waals surface area contributed by atoms with Crippen LogP contribution in [0.5, 0.6) is 0 Å². The van der Waals surface area contributed by atoms with Crippen LogP contribution in [0, 0.1) is 35.5 Å². The molecule has 0 aromatic heterocycles. The van der Waals surface area contributed by atoms with E-state index in [0.29, 0.717) is 0 Å². The maximum Gasteiger partial charge on any atom is -0.0164 e. The third-order valence-corrected chi connectivity index (χ3v) is 6.18. The van der Waals surface area contributed by atoms with Crippen LogP contribution in [0.15, 0.2) is 11.1 Å². The zero-order chi connectivity index (χ0) is 10.2. The van der Waals surface area contributed by atoms with E-state index in [1.165, 1.54) is 12.3 Å². The highest BCUT2D eigenvalue weighted by Gasteiger charge is 2.60. The molecule has 0 aromatic rings. The molecule has 6 atom stereocenters. The molecule has 4 aliphatic rings. The summed E-state index contributed by atoms with van der Waals surface area (Å²) in [4.78, 5) is 0. The number of rotatable bonds is 0. The molecule has 0 radical (unpaired) electrons. The van der Waals surface area contributed by atoms with Crippen molar-refractivity contribution < 1.29 is 0 Å². The van der Waals surface area contributed by atoms with Crippen LogP contribution in [-0.4, -0.2) is 0 Å². The predicted molar refractivity (Wildman–Crippen MR) is 62.4 cm³/mol. The van der Waals surface area contributed by atoms with Gasteiger partial charge in [0.2, 0.25) is 0 Å². The number of hydrogen-bond acceptors (Lipinski definition) is 0. The Hall–Kier alpha value is -0.260. The molecule has 4 rings (SSSR count). The van der Waals surface area contributed by atoms with Crippen LogP contribution in [0.1, 0.15) is 46.0 Å². The van der Waals surface area contributed by atoms with Crippen molar-refractivity contribution in [1.29, 1.82) is 0 Å². The standard InChI is InChI=1S/C15H22/c1-8(2)12-6-11-7-13(12)15-10-4-3-9(5-10)14(11)15/h9-11,13-15H,3-7H2,1-2H3. The lowest BCUT2D eigenvalue weighted by atomic mass is 9.69. The molecule has 15 heavy (non-hydrogen) atoms. The van der Waals surface area contributed by atoms with Gasteiger partial charge in [-0.1, -0.05) is 11.1 Å². The van der Waals surface area contributed by atoms with Crippen LogP contribution >= 0.6 is 0 Å². The van der Waals surface area contributed by atoms with Crippen molar-refractivity contribution in [2.45, 2.75) is 46.0 Å². The average Bonchev–Trinajstić information content (AvgIpc) is 2.95. The van der Waals surface area contributed by atoms with Crippen LogP contribution in [0.3, 0.4) is 0 Å². The van der Waals surface area contributed by atoms with E-state index in [4.69, 9.17) is 0 Å². The molecule has 0 nitrogen and oxygen atoms in total. The Kier molecular flexibility index (Phi) is 1.59. The lowest BCUT2D eigenvalue weighted by Crippen LogP contribution is -2.29. The van der Waals surface area contributed by atoms with E-state index in [0.717, 1.165) is 29.6 Å².